The minimum absolute atomic E-state index is 0.0320. The fraction of sp³-hybridized carbons (Fsp3) is 0.533. The van der Waals surface area contributed by atoms with E-state index in [1.165, 1.54) is 4.90 Å². The van der Waals surface area contributed by atoms with Gasteiger partial charge in [-0.25, -0.2) is 12.8 Å². The summed E-state index contributed by atoms with van der Waals surface area (Å²) in [5.41, 5.74) is -7.15. The minimum atomic E-state index is -6.33. The number of carbonyl (C=O) groups excluding carboxylic acids is 1. The van der Waals surface area contributed by atoms with Crippen LogP contribution >= 0.6 is 0 Å². The van der Waals surface area contributed by atoms with Crippen LogP contribution < -0.4 is 0 Å². The van der Waals surface area contributed by atoms with E-state index < -0.39 is 67.8 Å². The fourth-order valence-corrected chi connectivity index (χ4v) is 9.80. The molecule has 0 aromatic heterocycles. The van der Waals surface area contributed by atoms with Gasteiger partial charge in [-0.05, 0) is 61.6 Å². The first-order valence-corrected chi connectivity index (χ1v) is 15.8. The highest BCUT2D eigenvalue weighted by Crippen LogP contribution is 2.56. The van der Waals surface area contributed by atoms with Gasteiger partial charge in [-0.3, -0.25) is 9.59 Å². The van der Waals surface area contributed by atoms with E-state index in [1.807, 2.05) is 0 Å². The van der Waals surface area contributed by atoms with Gasteiger partial charge >= 0.3 is 24.0 Å². The molecule has 0 spiro atoms. The number of hydrogen-bond donors (Lipinski definition) is 1. The van der Waals surface area contributed by atoms with Gasteiger partial charge in [0.25, 0.3) is 0 Å². The van der Waals surface area contributed by atoms with E-state index in [2.05, 4.69) is 0 Å². The van der Waals surface area contributed by atoms with E-state index in [-0.39, 0.29) is 68.5 Å². The molecule has 1 heterocycles. The average Bonchev–Trinajstić information content (AvgIpc) is 3.37. The van der Waals surface area contributed by atoms with Gasteiger partial charge in [-0.2, -0.15) is 26.3 Å². The number of carboxylic acids is 1. The van der Waals surface area contributed by atoms with Crippen molar-refractivity contribution >= 4 is 21.7 Å². The lowest BCUT2D eigenvalue weighted by Gasteiger charge is -2.44. The van der Waals surface area contributed by atoms with Gasteiger partial charge in [0.15, 0.2) is 9.84 Å². The van der Waals surface area contributed by atoms with E-state index in [1.54, 1.807) is 30.3 Å². The van der Waals surface area contributed by atoms with Crippen LogP contribution in [0, 0.1) is 11.8 Å². The lowest BCUT2D eigenvalue weighted by molar-refractivity contribution is -0.348. The molecular formula is C30H30F7NO5S. The van der Waals surface area contributed by atoms with Crippen LogP contribution in [-0.4, -0.2) is 55.2 Å². The predicted molar refractivity (Wildman–Crippen MR) is 144 cm³/mol. The van der Waals surface area contributed by atoms with Crippen molar-refractivity contribution in [1.29, 1.82) is 0 Å². The number of carbonyl (C=O) groups is 2. The summed E-state index contributed by atoms with van der Waals surface area (Å²) >= 11 is 0. The lowest BCUT2D eigenvalue weighted by Crippen LogP contribution is -2.54. The van der Waals surface area contributed by atoms with Crippen LogP contribution in [0.5, 0.6) is 0 Å². The van der Waals surface area contributed by atoms with Crippen molar-refractivity contribution in [2.75, 3.05) is 6.54 Å². The average molecular weight is 650 g/mol. The Bertz CT molecular complexity index is 1520. The van der Waals surface area contributed by atoms with Crippen molar-refractivity contribution < 1.29 is 53.8 Å². The van der Waals surface area contributed by atoms with Crippen molar-refractivity contribution in [2.45, 2.75) is 79.5 Å². The molecule has 1 aliphatic heterocycles. The van der Waals surface area contributed by atoms with Gasteiger partial charge in [-0.1, -0.05) is 48.5 Å². The van der Waals surface area contributed by atoms with E-state index in [0.717, 1.165) is 6.07 Å². The van der Waals surface area contributed by atoms with Gasteiger partial charge < -0.3 is 10.0 Å². The number of alkyl halides is 7. The predicted octanol–water partition coefficient (Wildman–Crippen LogP) is 6.22. The first-order chi connectivity index (χ1) is 20.4. The van der Waals surface area contributed by atoms with Crippen LogP contribution in [0.15, 0.2) is 48.5 Å². The first kappa shape index (κ1) is 32.2. The van der Waals surface area contributed by atoms with Crippen molar-refractivity contribution in [3.63, 3.8) is 0 Å². The van der Waals surface area contributed by atoms with Gasteiger partial charge in [0.1, 0.15) is 4.75 Å². The number of sulfone groups is 1. The molecule has 2 unspecified atom stereocenters. The van der Waals surface area contributed by atoms with Gasteiger partial charge in [0.2, 0.25) is 5.91 Å². The summed E-state index contributed by atoms with van der Waals surface area (Å²) in [6.07, 6.45) is -12.0. The molecule has 2 aliphatic carbocycles. The number of benzene rings is 2. The minimum Gasteiger partial charge on any atom is -0.481 e. The van der Waals surface area contributed by atoms with E-state index >= 15 is 0 Å². The maximum atomic E-state index is 15.0. The number of fused-ring (bicyclic) bond motifs is 3. The summed E-state index contributed by atoms with van der Waals surface area (Å²) in [5, 5.41) is 9.32. The largest absolute Gasteiger partial charge is 0.481 e. The maximum Gasteiger partial charge on any atom is 0.435 e. The number of aryl methyl sites for hydroxylation is 1. The highest BCUT2D eigenvalue weighted by Gasteiger charge is 2.73. The van der Waals surface area contributed by atoms with Crippen LogP contribution in [0.1, 0.15) is 60.8 Å². The van der Waals surface area contributed by atoms with E-state index in [4.69, 9.17) is 0 Å². The number of aliphatic carboxylic acids is 1. The molecule has 14 heteroatoms. The third-order valence-electron chi connectivity index (χ3n) is 9.53. The summed E-state index contributed by atoms with van der Waals surface area (Å²) in [7, 11) is -4.28. The standard InChI is InChI=1S/C30H30F7NO5S/c31-28(29(32,33)34,30(35,36)37)22-11-12-23-21(16-22)10-13-24-27(23,44(42,43)17-18-4-2-1-3-5-18)14-15-38(24)25(39)19-6-8-20(9-7-19)26(40)41/h1-5,11-12,16,19-20,24H,6-10,13-15,17H2,(H,40,41)/t19-,20-,24?,27?. The van der Waals surface area contributed by atoms with Gasteiger partial charge in [0, 0.05) is 18.0 Å². The number of amides is 1. The second-order valence-electron chi connectivity index (χ2n) is 11.9. The topological polar surface area (TPSA) is 91.8 Å². The molecule has 1 amide bonds. The molecule has 240 valence electrons. The molecule has 3 aliphatic rings. The number of carboxylic acid groups (broad SMARTS) is 1. The summed E-state index contributed by atoms with van der Waals surface area (Å²) in [5.74, 6) is -2.95. The van der Waals surface area contributed by atoms with Crippen LogP contribution in [0.4, 0.5) is 30.7 Å². The SMILES string of the molecule is O=C(O)[C@H]1CC[C@H](C(=O)N2CCC3(S(=O)(=O)Cc4ccccc4)c4ccc(C(F)(C(F)(F)F)C(F)(F)F)cc4CCC23)CC1. The van der Waals surface area contributed by atoms with E-state index in [0.29, 0.717) is 17.7 Å². The van der Waals surface area contributed by atoms with Crippen LogP contribution in [0.3, 0.4) is 0 Å². The third kappa shape index (κ3) is 5.06. The first-order valence-electron chi connectivity index (χ1n) is 14.2. The highest BCUT2D eigenvalue weighted by atomic mass is 32.2. The highest BCUT2D eigenvalue weighted by molar-refractivity contribution is 7.91. The Labute approximate surface area is 249 Å². The number of hydrogen-bond acceptors (Lipinski definition) is 4. The van der Waals surface area contributed by atoms with Crippen LogP contribution in [0.25, 0.3) is 0 Å². The van der Waals surface area contributed by atoms with Crippen LogP contribution in [0.2, 0.25) is 0 Å². The maximum absolute atomic E-state index is 15.0. The Balaban J connectivity index is 1.59. The lowest BCUT2D eigenvalue weighted by atomic mass is 9.76. The zero-order valence-corrected chi connectivity index (χ0v) is 24.1. The van der Waals surface area contributed by atoms with E-state index in [9.17, 15) is 53.8 Å². The summed E-state index contributed by atoms with van der Waals surface area (Å²) < 4.78 is 123. The normalized spacial score (nSPS) is 26.2. The third-order valence-corrected chi connectivity index (χ3v) is 12.0. The number of likely N-dealkylation sites (tertiary alicyclic amines) is 1. The Hall–Kier alpha value is -3.16. The monoisotopic (exact) mass is 649 g/mol. The second kappa shape index (κ2) is 11.0. The van der Waals surface area contributed by atoms with Gasteiger partial charge in [0.05, 0.1) is 17.7 Å². The number of rotatable bonds is 6. The summed E-state index contributed by atoms with van der Waals surface area (Å²) in [4.78, 5) is 26.6. The van der Waals surface area contributed by atoms with Crippen molar-refractivity contribution in [2.24, 2.45) is 11.8 Å². The molecule has 0 radical (unpaired) electrons. The van der Waals surface area contributed by atoms with Crippen molar-refractivity contribution in [1.82, 2.24) is 4.90 Å². The second-order valence-corrected chi connectivity index (χ2v) is 14.1. The molecule has 2 atom stereocenters. The molecule has 5 rings (SSSR count). The molecule has 2 fully saturated rings. The number of halogens is 7. The molecular weight excluding hydrogens is 619 g/mol. The van der Waals surface area contributed by atoms with Crippen molar-refractivity contribution in [3.8, 4) is 0 Å². The Morgan fingerprint density at radius 3 is 2.02 bits per heavy atom. The Morgan fingerprint density at radius 1 is 0.864 bits per heavy atom. The molecule has 0 bridgehead atoms. The van der Waals surface area contributed by atoms with Gasteiger partial charge in [-0.15, -0.1) is 0 Å². The number of nitrogens with zero attached hydrogens (tertiary/aromatic N) is 1. The van der Waals surface area contributed by atoms with Crippen molar-refractivity contribution in [3.05, 3.63) is 70.8 Å². The molecule has 6 nitrogen and oxygen atoms in total. The zero-order valence-electron chi connectivity index (χ0n) is 23.3. The molecule has 44 heavy (non-hydrogen) atoms. The fourth-order valence-electron chi connectivity index (χ4n) is 7.31. The Morgan fingerprint density at radius 2 is 1.45 bits per heavy atom. The summed E-state index contributed by atoms with van der Waals surface area (Å²) in [6, 6.07) is 8.73. The van der Waals surface area contributed by atoms with Crippen LogP contribution in [-0.2, 0) is 42.0 Å². The molecule has 2 aromatic carbocycles. The quantitative estimate of drug-likeness (QED) is 0.375. The summed E-state index contributed by atoms with van der Waals surface area (Å²) in [6.45, 7) is -0.0320. The molecule has 1 N–H and O–H groups in total. The molecule has 1 saturated carbocycles. The molecule has 1 saturated heterocycles. The molecule has 2 aromatic rings. The smallest absolute Gasteiger partial charge is 0.435 e. The zero-order chi connectivity index (χ0) is 32.3. The Kier molecular flexibility index (Phi) is 8.08.